The van der Waals surface area contributed by atoms with Gasteiger partial charge in [0.05, 0.1) is 23.9 Å². The van der Waals surface area contributed by atoms with Gasteiger partial charge in [0, 0.05) is 65.5 Å². The number of aryl methyl sites for hydroxylation is 2. The fraction of sp³-hybridized carbons (Fsp3) is 0.483. The number of thioether (sulfide) groups is 1. The van der Waals surface area contributed by atoms with Gasteiger partial charge in [-0.15, -0.1) is 11.8 Å². The third-order valence-corrected chi connectivity index (χ3v) is 8.91. The minimum Gasteiger partial charge on any atom is -0.448 e. The Kier molecular flexibility index (Phi) is 8.22. The van der Waals surface area contributed by atoms with Crippen LogP contribution < -0.4 is 20.3 Å². The smallest absolute Gasteiger partial charge is 0.254 e. The van der Waals surface area contributed by atoms with Crippen LogP contribution in [0.1, 0.15) is 65.3 Å². The normalized spacial score (nSPS) is 21.9. The zero-order chi connectivity index (χ0) is 28.6. The second-order valence-corrected chi connectivity index (χ2v) is 12.0. The average molecular weight is 587 g/mol. The van der Waals surface area contributed by atoms with E-state index in [1.165, 1.54) is 11.8 Å². The third-order valence-electron chi connectivity index (χ3n) is 7.83. The van der Waals surface area contributed by atoms with E-state index in [9.17, 15) is 9.59 Å². The van der Waals surface area contributed by atoms with Crippen LogP contribution in [0.15, 0.2) is 34.2 Å². The third kappa shape index (κ3) is 5.75. The predicted molar refractivity (Wildman–Crippen MR) is 154 cm³/mol. The Morgan fingerprint density at radius 1 is 1.25 bits per heavy atom. The lowest BCUT2D eigenvalue weighted by atomic mass is 9.82. The summed E-state index contributed by atoms with van der Waals surface area (Å²) < 4.78 is 20.7. The molecule has 2 aromatic heterocycles. The summed E-state index contributed by atoms with van der Waals surface area (Å²) in [6.07, 6.45) is 9.45. The van der Waals surface area contributed by atoms with Crippen molar-refractivity contribution in [1.29, 1.82) is 0 Å². The van der Waals surface area contributed by atoms with Crippen molar-refractivity contribution in [2.45, 2.75) is 76.4 Å². The number of hydrogen-bond acceptors (Lipinski definition) is 7. The van der Waals surface area contributed by atoms with Gasteiger partial charge < -0.3 is 24.5 Å². The maximum atomic E-state index is 13.2. The quantitative estimate of drug-likeness (QED) is 0.345. The molecule has 0 spiro atoms. The van der Waals surface area contributed by atoms with Crippen LogP contribution in [0.5, 0.6) is 11.5 Å². The van der Waals surface area contributed by atoms with Crippen LogP contribution in [0, 0.1) is 19.8 Å². The van der Waals surface area contributed by atoms with Crippen molar-refractivity contribution in [2.24, 2.45) is 13.0 Å². The molecule has 3 heterocycles. The Labute approximate surface area is 242 Å². The summed E-state index contributed by atoms with van der Waals surface area (Å²) >= 11 is 8.09. The second-order valence-electron chi connectivity index (χ2n) is 10.7. The maximum Gasteiger partial charge on any atom is 0.254 e. The number of pyridine rings is 1. The van der Waals surface area contributed by atoms with Gasteiger partial charge in [0.25, 0.3) is 17.3 Å². The first kappa shape index (κ1) is 28.6. The Balaban J connectivity index is 1.24. The van der Waals surface area contributed by atoms with Crippen LogP contribution in [0.4, 0.5) is 0 Å². The topological polar surface area (TPSA) is 107 Å². The molecular formula is C29H35ClN4O5S. The van der Waals surface area contributed by atoms with Crippen molar-refractivity contribution < 1.29 is 19.0 Å². The Morgan fingerprint density at radius 2 is 1.98 bits per heavy atom. The molecule has 1 aliphatic heterocycles. The standard InChI is InChI=1S/C29H35ClN4O5S/c1-16-10-24(40-5)22(28(36)33-16)13-31-27(35)21-11-23(30)26-25(17(21)2)38-29(3,39-26)19-6-8-20(9-7-19)37-15-18-12-32-34(4)14-18/h10-12,14,19-20H,6-9,13,15H2,1-5H3,(H,31,35)(H,33,36). The lowest BCUT2D eigenvalue weighted by Gasteiger charge is -2.37. The van der Waals surface area contributed by atoms with Crippen molar-refractivity contribution in [1.82, 2.24) is 20.1 Å². The molecule has 1 fully saturated rings. The average Bonchev–Trinajstić information content (AvgIpc) is 3.52. The number of carbonyl (C=O) groups is 1. The minimum absolute atomic E-state index is 0.0972. The first-order chi connectivity index (χ1) is 19.1. The van der Waals surface area contributed by atoms with Gasteiger partial charge in [0.15, 0.2) is 11.5 Å². The van der Waals surface area contributed by atoms with E-state index in [-0.39, 0.29) is 30.0 Å². The SMILES string of the molecule is CSc1cc(C)[nH]c(=O)c1CNC(=O)c1cc(Cl)c2c(c1C)OC(C)(C1CCC(OCc3cnn(C)c3)CC1)O2. The van der Waals surface area contributed by atoms with Gasteiger partial charge in [0.2, 0.25) is 0 Å². The van der Waals surface area contributed by atoms with Gasteiger partial charge in [-0.1, -0.05) is 11.6 Å². The van der Waals surface area contributed by atoms with Crippen molar-refractivity contribution in [3.63, 3.8) is 0 Å². The van der Waals surface area contributed by atoms with Gasteiger partial charge in [-0.3, -0.25) is 14.3 Å². The Bertz CT molecular complexity index is 1480. The van der Waals surface area contributed by atoms with E-state index in [4.69, 9.17) is 25.8 Å². The Morgan fingerprint density at radius 3 is 2.65 bits per heavy atom. The van der Waals surface area contributed by atoms with Crippen LogP contribution in [-0.4, -0.2) is 38.8 Å². The highest BCUT2D eigenvalue weighted by atomic mass is 35.5. The molecule has 0 bridgehead atoms. The number of rotatable bonds is 8. The van der Waals surface area contributed by atoms with Gasteiger partial charge in [0.1, 0.15) is 0 Å². The van der Waals surface area contributed by atoms with E-state index in [0.717, 1.165) is 41.8 Å². The molecule has 1 unspecified atom stereocenters. The molecule has 1 aromatic carbocycles. The number of aromatic nitrogens is 3. The number of aromatic amines is 1. The van der Waals surface area contributed by atoms with E-state index in [0.29, 0.717) is 39.8 Å². The number of nitrogens with zero attached hydrogens (tertiary/aromatic N) is 2. The fourth-order valence-corrected chi connectivity index (χ4v) is 6.50. The number of ether oxygens (including phenoxy) is 3. The van der Waals surface area contributed by atoms with Gasteiger partial charge in [-0.2, -0.15) is 5.10 Å². The molecule has 3 aromatic rings. The van der Waals surface area contributed by atoms with Crippen LogP contribution in [0.3, 0.4) is 0 Å². The molecule has 0 radical (unpaired) electrons. The number of fused-ring (bicyclic) bond motifs is 1. The molecule has 1 atom stereocenters. The number of carbonyl (C=O) groups excluding carboxylic acids is 1. The van der Waals surface area contributed by atoms with E-state index < -0.39 is 5.79 Å². The molecule has 1 saturated carbocycles. The number of benzene rings is 1. The van der Waals surface area contributed by atoms with Crippen molar-refractivity contribution in [3.8, 4) is 11.5 Å². The molecule has 9 nitrogen and oxygen atoms in total. The van der Waals surface area contributed by atoms with Crippen molar-refractivity contribution in [2.75, 3.05) is 6.26 Å². The van der Waals surface area contributed by atoms with Crippen LogP contribution in [-0.2, 0) is 24.9 Å². The number of nitrogens with one attached hydrogen (secondary N) is 2. The van der Waals surface area contributed by atoms with E-state index >= 15 is 0 Å². The fourth-order valence-electron chi connectivity index (χ4n) is 5.56. The number of H-pyrrole nitrogens is 1. The zero-order valence-electron chi connectivity index (χ0n) is 23.4. The van der Waals surface area contributed by atoms with E-state index in [1.807, 2.05) is 52.5 Å². The molecule has 5 rings (SSSR count). The van der Waals surface area contributed by atoms with E-state index in [1.54, 1.807) is 10.7 Å². The van der Waals surface area contributed by atoms with Gasteiger partial charge in [-0.25, -0.2) is 0 Å². The Hall–Kier alpha value is -2.95. The van der Waals surface area contributed by atoms with Gasteiger partial charge in [-0.05, 0) is 57.9 Å². The molecule has 11 heteroatoms. The highest BCUT2D eigenvalue weighted by Gasteiger charge is 2.47. The molecule has 1 amide bonds. The highest BCUT2D eigenvalue weighted by molar-refractivity contribution is 7.98. The lowest BCUT2D eigenvalue weighted by molar-refractivity contribution is -0.130. The van der Waals surface area contributed by atoms with Crippen molar-refractivity contribution in [3.05, 3.63) is 67.9 Å². The molecule has 0 saturated heterocycles. The van der Waals surface area contributed by atoms with Gasteiger partial charge >= 0.3 is 0 Å². The summed E-state index contributed by atoms with van der Waals surface area (Å²) in [5, 5.41) is 7.39. The number of halogens is 1. The molecule has 40 heavy (non-hydrogen) atoms. The summed E-state index contributed by atoms with van der Waals surface area (Å²) in [5.41, 5.74) is 3.18. The predicted octanol–water partition coefficient (Wildman–Crippen LogP) is 5.29. The summed E-state index contributed by atoms with van der Waals surface area (Å²) in [7, 11) is 1.90. The summed E-state index contributed by atoms with van der Waals surface area (Å²) in [6, 6.07) is 3.51. The highest BCUT2D eigenvalue weighted by Crippen LogP contribution is 2.51. The maximum absolute atomic E-state index is 13.2. The van der Waals surface area contributed by atoms with Crippen LogP contribution in [0.25, 0.3) is 0 Å². The van der Waals surface area contributed by atoms with Crippen molar-refractivity contribution >= 4 is 29.3 Å². The summed E-state index contributed by atoms with van der Waals surface area (Å²) in [6.45, 7) is 6.25. The van der Waals surface area contributed by atoms with Crippen LogP contribution >= 0.6 is 23.4 Å². The minimum atomic E-state index is -0.886. The largest absolute Gasteiger partial charge is 0.448 e. The molecule has 2 N–H and O–H groups in total. The van der Waals surface area contributed by atoms with Crippen LogP contribution in [0.2, 0.25) is 5.02 Å². The second kappa shape index (κ2) is 11.5. The zero-order valence-corrected chi connectivity index (χ0v) is 25.0. The monoisotopic (exact) mass is 586 g/mol. The molecule has 2 aliphatic rings. The first-order valence-corrected chi connectivity index (χ1v) is 15.0. The van der Waals surface area contributed by atoms with E-state index in [2.05, 4.69) is 15.4 Å². The first-order valence-electron chi connectivity index (χ1n) is 13.4. The molecule has 1 aliphatic carbocycles. The lowest BCUT2D eigenvalue weighted by Crippen LogP contribution is -2.45. The number of hydrogen-bond donors (Lipinski definition) is 2. The summed E-state index contributed by atoms with van der Waals surface area (Å²) in [5.74, 6) is -0.120. The summed E-state index contributed by atoms with van der Waals surface area (Å²) in [4.78, 5) is 29.4. The molecule has 214 valence electrons. The number of amides is 1. The molecular weight excluding hydrogens is 552 g/mol.